The molecule has 3 aromatic rings. The molecule has 10 nitrogen and oxygen atoms in total. The summed E-state index contributed by atoms with van der Waals surface area (Å²) in [5.74, 6) is 0.512. The molecule has 0 aliphatic carbocycles. The number of likely N-dealkylation sites (tertiary alicyclic amines) is 1. The molecule has 0 bridgehead atoms. The minimum Gasteiger partial charge on any atom is -0.473 e. The zero-order chi connectivity index (χ0) is 23.5. The van der Waals surface area contributed by atoms with Crippen LogP contribution in [0.5, 0.6) is 5.88 Å². The van der Waals surface area contributed by atoms with Gasteiger partial charge in [-0.05, 0) is 30.7 Å². The van der Waals surface area contributed by atoms with Crippen LogP contribution in [0.1, 0.15) is 46.4 Å². The number of carbonyl (C=O) groups is 3. The number of imide groups is 1. The molecule has 2 aromatic heterocycles. The molecule has 34 heavy (non-hydrogen) atoms. The molecule has 1 saturated heterocycles. The Labute approximate surface area is 196 Å². The first-order valence-electron chi connectivity index (χ1n) is 11.3. The summed E-state index contributed by atoms with van der Waals surface area (Å²) in [6.07, 6.45) is 5.56. The van der Waals surface area contributed by atoms with E-state index >= 15 is 0 Å². The molecule has 174 valence electrons. The van der Waals surface area contributed by atoms with E-state index < -0.39 is 0 Å². The lowest BCUT2D eigenvalue weighted by Gasteiger charge is -2.32. The number of fused-ring (bicyclic) bond motifs is 1. The number of carbonyl (C=O) groups excluding carboxylic acids is 3. The van der Waals surface area contributed by atoms with Crippen LogP contribution in [0.4, 0.5) is 0 Å². The third-order valence-corrected chi connectivity index (χ3v) is 6.10. The van der Waals surface area contributed by atoms with Crippen LogP contribution in [-0.4, -0.2) is 73.2 Å². The highest BCUT2D eigenvalue weighted by Gasteiger charge is 2.34. The molecule has 10 heteroatoms. The van der Waals surface area contributed by atoms with Gasteiger partial charge in [-0.2, -0.15) is 5.10 Å². The van der Waals surface area contributed by atoms with E-state index in [9.17, 15) is 14.4 Å². The topological polar surface area (TPSA) is 111 Å². The van der Waals surface area contributed by atoms with Crippen molar-refractivity contribution in [2.24, 2.45) is 0 Å². The minimum absolute atomic E-state index is 0.0263. The molecule has 0 N–H and O–H groups in total. The van der Waals surface area contributed by atoms with Crippen LogP contribution in [0.25, 0.3) is 5.82 Å². The second-order valence-electron chi connectivity index (χ2n) is 8.29. The molecule has 0 radical (unpaired) electrons. The molecule has 3 amide bonds. The third kappa shape index (κ3) is 4.39. The number of nitrogens with zero attached hydrogens (tertiary/aromatic N) is 6. The van der Waals surface area contributed by atoms with Crippen LogP contribution in [0.3, 0.4) is 0 Å². The maximum absolute atomic E-state index is 12.6. The van der Waals surface area contributed by atoms with E-state index in [1.807, 2.05) is 11.0 Å². The average molecular weight is 460 g/mol. The van der Waals surface area contributed by atoms with Crippen molar-refractivity contribution in [3.8, 4) is 11.7 Å². The highest BCUT2D eigenvalue weighted by Crippen LogP contribution is 2.23. The van der Waals surface area contributed by atoms with Gasteiger partial charge < -0.3 is 9.64 Å². The number of aromatic nitrogens is 4. The van der Waals surface area contributed by atoms with Gasteiger partial charge in [0.1, 0.15) is 6.10 Å². The summed E-state index contributed by atoms with van der Waals surface area (Å²) in [4.78, 5) is 40.5. The number of benzene rings is 1. The summed E-state index contributed by atoms with van der Waals surface area (Å²) >= 11 is 0. The standard InChI is InChI=1S/C24H24N6O4/c31-22(7-3-13-29-23(32)18-5-1-2-6-19(18)24(29)33)28-15-10-17(11-16-28)34-21-9-8-20(26-27-21)30-14-4-12-25-30/h1-2,4-6,8-9,12,14,17H,3,7,10-11,13,15-16H2. The first kappa shape index (κ1) is 21.7. The van der Waals surface area contributed by atoms with Gasteiger partial charge in [0.2, 0.25) is 11.8 Å². The summed E-state index contributed by atoms with van der Waals surface area (Å²) in [5.41, 5.74) is 0.864. The van der Waals surface area contributed by atoms with Gasteiger partial charge in [-0.3, -0.25) is 19.3 Å². The molecule has 5 rings (SSSR count). The molecule has 1 fully saturated rings. The Morgan fingerprint density at radius 2 is 1.71 bits per heavy atom. The van der Waals surface area contributed by atoms with Gasteiger partial charge in [-0.15, -0.1) is 10.2 Å². The summed E-state index contributed by atoms with van der Waals surface area (Å²) in [7, 11) is 0. The van der Waals surface area contributed by atoms with Crippen LogP contribution in [0, 0.1) is 0 Å². The lowest BCUT2D eigenvalue weighted by Crippen LogP contribution is -2.42. The highest BCUT2D eigenvalue weighted by molar-refractivity contribution is 6.21. The Balaban J connectivity index is 1.05. The van der Waals surface area contributed by atoms with E-state index in [1.165, 1.54) is 4.90 Å². The van der Waals surface area contributed by atoms with Crippen molar-refractivity contribution < 1.29 is 19.1 Å². The van der Waals surface area contributed by atoms with Gasteiger partial charge in [0.05, 0.1) is 11.1 Å². The number of hydrogen-bond acceptors (Lipinski definition) is 7. The second-order valence-corrected chi connectivity index (χ2v) is 8.29. The van der Waals surface area contributed by atoms with E-state index in [4.69, 9.17) is 4.74 Å². The Morgan fingerprint density at radius 1 is 0.971 bits per heavy atom. The predicted octanol–water partition coefficient (Wildman–Crippen LogP) is 2.11. The first-order valence-corrected chi connectivity index (χ1v) is 11.3. The van der Waals surface area contributed by atoms with E-state index in [0.29, 0.717) is 61.6 Å². The van der Waals surface area contributed by atoms with Crippen LogP contribution in [-0.2, 0) is 4.79 Å². The molecule has 0 unspecified atom stereocenters. The number of amides is 3. The van der Waals surface area contributed by atoms with Gasteiger partial charge in [0.25, 0.3) is 11.8 Å². The predicted molar refractivity (Wildman–Crippen MR) is 120 cm³/mol. The van der Waals surface area contributed by atoms with Crippen molar-refractivity contribution in [3.63, 3.8) is 0 Å². The van der Waals surface area contributed by atoms with Crippen molar-refractivity contribution in [2.75, 3.05) is 19.6 Å². The summed E-state index contributed by atoms with van der Waals surface area (Å²) in [5, 5.41) is 12.4. The smallest absolute Gasteiger partial charge is 0.261 e. The first-order chi connectivity index (χ1) is 16.6. The van der Waals surface area contributed by atoms with Gasteiger partial charge in [-0.25, -0.2) is 4.68 Å². The van der Waals surface area contributed by atoms with E-state index in [0.717, 1.165) is 0 Å². The Kier molecular flexibility index (Phi) is 6.03. The summed E-state index contributed by atoms with van der Waals surface area (Å²) < 4.78 is 7.56. The van der Waals surface area contributed by atoms with Gasteiger partial charge in [0.15, 0.2) is 5.82 Å². The van der Waals surface area contributed by atoms with Crippen molar-refractivity contribution >= 4 is 17.7 Å². The molecule has 0 saturated carbocycles. The van der Waals surface area contributed by atoms with Crippen molar-refractivity contribution in [2.45, 2.75) is 31.8 Å². The monoisotopic (exact) mass is 460 g/mol. The fraction of sp³-hybridized carbons (Fsp3) is 0.333. The van der Waals surface area contributed by atoms with Crippen LogP contribution < -0.4 is 4.74 Å². The number of piperidine rings is 1. The molecular formula is C24H24N6O4. The Bertz CT molecular complexity index is 1150. The maximum Gasteiger partial charge on any atom is 0.261 e. The van der Waals surface area contributed by atoms with Gasteiger partial charge >= 0.3 is 0 Å². The van der Waals surface area contributed by atoms with Gasteiger partial charge in [0, 0.05) is 57.4 Å². The van der Waals surface area contributed by atoms with E-state index in [2.05, 4.69) is 15.3 Å². The fourth-order valence-corrected chi connectivity index (χ4v) is 4.28. The van der Waals surface area contributed by atoms with Crippen molar-refractivity contribution in [1.82, 2.24) is 29.8 Å². The SMILES string of the molecule is O=C(CCCN1C(=O)c2ccccc2C1=O)N1CCC(Oc2ccc(-n3cccn3)nn2)CC1. The second kappa shape index (κ2) is 9.42. The van der Waals surface area contributed by atoms with Crippen molar-refractivity contribution in [1.29, 1.82) is 0 Å². The lowest BCUT2D eigenvalue weighted by atomic mass is 10.1. The maximum atomic E-state index is 12.6. The molecule has 4 heterocycles. The normalized spacial score (nSPS) is 16.1. The molecule has 0 spiro atoms. The summed E-state index contributed by atoms with van der Waals surface area (Å²) in [6, 6.07) is 12.2. The molecule has 2 aliphatic rings. The Morgan fingerprint density at radius 3 is 2.32 bits per heavy atom. The van der Waals surface area contributed by atoms with Crippen LogP contribution in [0.15, 0.2) is 54.9 Å². The largest absolute Gasteiger partial charge is 0.473 e. The minimum atomic E-state index is -0.285. The zero-order valence-electron chi connectivity index (χ0n) is 18.5. The Hall–Kier alpha value is -4.08. The molecule has 0 atom stereocenters. The fourth-order valence-electron chi connectivity index (χ4n) is 4.28. The third-order valence-electron chi connectivity index (χ3n) is 6.10. The van der Waals surface area contributed by atoms with Crippen LogP contribution >= 0.6 is 0 Å². The van der Waals surface area contributed by atoms with Gasteiger partial charge in [-0.1, -0.05) is 12.1 Å². The summed E-state index contributed by atoms with van der Waals surface area (Å²) in [6.45, 7) is 1.43. The molecule has 2 aliphatic heterocycles. The average Bonchev–Trinajstić information content (AvgIpc) is 3.49. The molecular weight excluding hydrogens is 436 g/mol. The zero-order valence-corrected chi connectivity index (χ0v) is 18.5. The quantitative estimate of drug-likeness (QED) is 0.497. The van der Waals surface area contributed by atoms with E-state index in [1.54, 1.807) is 53.5 Å². The highest BCUT2D eigenvalue weighted by atomic mass is 16.5. The van der Waals surface area contributed by atoms with E-state index in [-0.39, 0.29) is 30.4 Å². The van der Waals surface area contributed by atoms with Crippen LogP contribution in [0.2, 0.25) is 0 Å². The number of rotatable bonds is 7. The number of hydrogen-bond donors (Lipinski definition) is 0. The lowest BCUT2D eigenvalue weighted by molar-refractivity contribution is -0.133. The number of ether oxygens (including phenoxy) is 1. The van der Waals surface area contributed by atoms with Crippen molar-refractivity contribution in [3.05, 3.63) is 66.0 Å². The molecule has 1 aromatic carbocycles.